The second kappa shape index (κ2) is 4.29. The fourth-order valence-electron chi connectivity index (χ4n) is 1.95. The molecule has 0 amide bonds. The van der Waals surface area contributed by atoms with E-state index in [1.807, 2.05) is 12.3 Å². The summed E-state index contributed by atoms with van der Waals surface area (Å²) in [6.45, 7) is 3.73. The zero-order valence-electron chi connectivity index (χ0n) is 9.29. The summed E-state index contributed by atoms with van der Waals surface area (Å²) in [5.41, 5.74) is 8.16. The normalized spacial score (nSPS) is 18.5. The first-order chi connectivity index (χ1) is 7.22. The second-order valence-electron chi connectivity index (χ2n) is 4.63. The van der Waals surface area contributed by atoms with E-state index in [-0.39, 0.29) is 0 Å². The minimum absolute atomic E-state index is 0.367. The molecule has 0 atom stereocenters. The van der Waals surface area contributed by atoms with Gasteiger partial charge in [-0.05, 0) is 43.9 Å². The molecular formula is C12H19N3. The van der Waals surface area contributed by atoms with E-state index in [0.29, 0.717) is 12.1 Å². The number of aromatic nitrogens is 1. The Bertz CT molecular complexity index is 331. The third kappa shape index (κ3) is 2.55. The van der Waals surface area contributed by atoms with Gasteiger partial charge in [-0.1, -0.05) is 0 Å². The quantitative estimate of drug-likeness (QED) is 0.784. The highest BCUT2D eigenvalue weighted by Gasteiger charge is 2.30. The number of nitrogens with zero attached hydrogens (tertiary/aromatic N) is 1. The summed E-state index contributed by atoms with van der Waals surface area (Å²) in [6, 6.07) is 4.13. The molecule has 0 radical (unpaired) electrons. The predicted molar refractivity (Wildman–Crippen MR) is 61.2 cm³/mol. The van der Waals surface area contributed by atoms with Gasteiger partial charge < -0.3 is 11.1 Å². The Morgan fingerprint density at radius 1 is 1.53 bits per heavy atom. The van der Waals surface area contributed by atoms with Crippen molar-refractivity contribution < 1.29 is 0 Å². The molecule has 1 fully saturated rings. The maximum atomic E-state index is 5.56. The maximum Gasteiger partial charge on any atom is 0.0542 e. The SMILES string of the molecule is CC1(NCc2ccnc(CN)c2)CCC1. The number of pyridine rings is 1. The molecule has 2 rings (SSSR count). The Kier molecular flexibility index (Phi) is 3.03. The zero-order chi connectivity index (χ0) is 10.7. The van der Waals surface area contributed by atoms with Crippen molar-refractivity contribution in [1.29, 1.82) is 0 Å². The van der Waals surface area contributed by atoms with E-state index < -0.39 is 0 Å². The Hall–Kier alpha value is -0.930. The van der Waals surface area contributed by atoms with Crippen LogP contribution in [0.1, 0.15) is 37.4 Å². The molecule has 1 aromatic rings. The van der Waals surface area contributed by atoms with Crippen LogP contribution in [0.3, 0.4) is 0 Å². The monoisotopic (exact) mass is 205 g/mol. The van der Waals surface area contributed by atoms with Crippen LogP contribution in [-0.4, -0.2) is 10.5 Å². The standard InChI is InChI=1S/C12H19N3/c1-12(4-2-5-12)15-9-10-3-6-14-11(7-10)8-13/h3,6-7,15H,2,4-5,8-9,13H2,1H3. The first-order valence-corrected chi connectivity index (χ1v) is 5.61. The van der Waals surface area contributed by atoms with Crippen molar-refractivity contribution in [3.63, 3.8) is 0 Å². The topological polar surface area (TPSA) is 50.9 Å². The molecule has 3 nitrogen and oxygen atoms in total. The van der Waals surface area contributed by atoms with E-state index in [0.717, 1.165) is 12.2 Å². The third-order valence-corrected chi connectivity index (χ3v) is 3.27. The van der Waals surface area contributed by atoms with E-state index >= 15 is 0 Å². The van der Waals surface area contributed by atoms with Crippen LogP contribution >= 0.6 is 0 Å². The van der Waals surface area contributed by atoms with E-state index in [4.69, 9.17) is 5.73 Å². The zero-order valence-corrected chi connectivity index (χ0v) is 9.29. The van der Waals surface area contributed by atoms with E-state index in [9.17, 15) is 0 Å². The van der Waals surface area contributed by atoms with Crippen molar-refractivity contribution in [1.82, 2.24) is 10.3 Å². The molecular weight excluding hydrogens is 186 g/mol. The summed E-state index contributed by atoms with van der Waals surface area (Å²) in [5, 5.41) is 3.59. The lowest BCUT2D eigenvalue weighted by molar-refractivity contribution is 0.207. The van der Waals surface area contributed by atoms with Gasteiger partial charge in [0, 0.05) is 24.8 Å². The van der Waals surface area contributed by atoms with Gasteiger partial charge in [-0.3, -0.25) is 4.98 Å². The summed E-state index contributed by atoms with van der Waals surface area (Å²) < 4.78 is 0. The highest BCUT2D eigenvalue weighted by Crippen LogP contribution is 2.31. The molecule has 0 bridgehead atoms. The lowest BCUT2D eigenvalue weighted by atomic mass is 9.78. The summed E-state index contributed by atoms with van der Waals surface area (Å²) in [5.74, 6) is 0. The number of rotatable bonds is 4. The number of nitrogens with one attached hydrogen (secondary N) is 1. The van der Waals surface area contributed by atoms with Crippen LogP contribution in [0.15, 0.2) is 18.3 Å². The van der Waals surface area contributed by atoms with Gasteiger partial charge in [-0.25, -0.2) is 0 Å². The van der Waals surface area contributed by atoms with Gasteiger partial charge in [-0.15, -0.1) is 0 Å². The molecule has 1 aliphatic rings. The molecule has 82 valence electrons. The Balaban J connectivity index is 1.92. The van der Waals surface area contributed by atoms with Crippen LogP contribution in [0.2, 0.25) is 0 Å². The first-order valence-electron chi connectivity index (χ1n) is 5.61. The van der Waals surface area contributed by atoms with Crippen molar-refractivity contribution in [2.45, 2.75) is 44.8 Å². The smallest absolute Gasteiger partial charge is 0.0542 e. The van der Waals surface area contributed by atoms with Crippen LogP contribution in [0.25, 0.3) is 0 Å². The minimum Gasteiger partial charge on any atom is -0.325 e. The summed E-state index contributed by atoms with van der Waals surface area (Å²) >= 11 is 0. The third-order valence-electron chi connectivity index (χ3n) is 3.27. The summed E-state index contributed by atoms with van der Waals surface area (Å²) in [7, 11) is 0. The molecule has 0 unspecified atom stereocenters. The highest BCUT2D eigenvalue weighted by atomic mass is 15.0. The average molecular weight is 205 g/mol. The number of hydrogen-bond donors (Lipinski definition) is 2. The maximum absolute atomic E-state index is 5.56. The van der Waals surface area contributed by atoms with E-state index in [1.165, 1.54) is 24.8 Å². The summed E-state index contributed by atoms with van der Waals surface area (Å²) in [4.78, 5) is 4.18. The van der Waals surface area contributed by atoms with Crippen LogP contribution in [0.4, 0.5) is 0 Å². The Morgan fingerprint density at radius 3 is 2.93 bits per heavy atom. The lowest BCUT2D eigenvalue weighted by Gasteiger charge is -2.39. The molecule has 0 aliphatic heterocycles. The van der Waals surface area contributed by atoms with Crippen molar-refractivity contribution in [3.05, 3.63) is 29.6 Å². The molecule has 0 aromatic carbocycles. The van der Waals surface area contributed by atoms with Crippen molar-refractivity contribution >= 4 is 0 Å². The molecule has 3 heteroatoms. The van der Waals surface area contributed by atoms with Crippen LogP contribution in [0, 0.1) is 0 Å². The van der Waals surface area contributed by atoms with Gasteiger partial charge in [0.2, 0.25) is 0 Å². The molecule has 3 N–H and O–H groups in total. The van der Waals surface area contributed by atoms with Gasteiger partial charge >= 0.3 is 0 Å². The number of nitrogens with two attached hydrogens (primary N) is 1. The molecule has 0 saturated heterocycles. The van der Waals surface area contributed by atoms with Gasteiger partial charge in [0.1, 0.15) is 0 Å². The van der Waals surface area contributed by atoms with Gasteiger partial charge in [0.15, 0.2) is 0 Å². The molecule has 1 aliphatic carbocycles. The largest absolute Gasteiger partial charge is 0.325 e. The van der Waals surface area contributed by atoms with Crippen LogP contribution < -0.4 is 11.1 Å². The predicted octanol–water partition coefficient (Wildman–Crippen LogP) is 1.57. The molecule has 15 heavy (non-hydrogen) atoms. The number of hydrogen-bond acceptors (Lipinski definition) is 3. The van der Waals surface area contributed by atoms with E-state index in [2.05, 4.69) is 23.3 Å². The highest BCUT2D eigenvalue weighted by molar-refractivity contribution is 5.16. The molecule has 1 saturated carbocycles. The molecule has 0 spiro atoms. The Labute approximate surface area is 91.1 Å². The van der Waals surface area contributed by atoms with Crippen molar-refractivity contribution in [2.75, 3.05) is 0 Å². The fraction of sp³-hybridized carbons (Fsp3) is 0.583. The van der Waals surface area contributed by atoms with Gasteiger partial charge in [0.25, 0.3) is 0 Å². The first kappa shape index (κ1) is 10.6. The van der Waals surface area contributed by atoms with Crippen molar-refractivity contribution in [2.24, 2.45) is 5.73 Å². The fourth-order valence-corrected chi connectivity index (χ4v) is 1.95. The minimum atomic E-state index is 0.367. The van der Waals surface area contributed by atoms with Crippen molar-refractivity contribution in [3.8, 4) is 0 Å². The van der Waals surface area contributed by atoms with Gasteiger partial charge in [0.05, 0.1) is 5.69 Å². The average Bonchev–Trinajstić information content (AvgIpc) is 2.24. The van der Waals surface area contributed by atoms with Gasteiger partial charge in [-0.2, -0.15) is 0 Å². The van der Waals surface area contributed by atoms with E-state index in [1.54, 1.807) is 0 Å². The summed E-state index contributed by atoms with van der Waals surface area (Å²) in [6.07, 6.45) is 5.78. The van der Waals surface area contributed by atoms with Crippen LogP contribution in [-0.2, 0) is 13.1 Å². The Morgan fingerprint density at radius 2 is 2.33 bits per heavy atom. The van der Waals surface area contributed by atoms with Crippen LogP contribution in [0.5, 0.6) is 0 Å². The lowest BCUT2D eigenvalue weighted by Crippen LogP contribution is -2.47. The molecule has 1 heterocycles. The molecule has 1 aromatic heterocycles. The second-order valence-corrected chi connectivity index (χ2v) is 4.63.